The van der Waals surface area contributed by atoms with E-state index in [4.69, 9.17) is 5.73 Å². The third-order valence-corrected chi connectivity index (χ3v) is 5.59. The van der Waals surface area contributed by atoms with Gasteiger partial charge in [-0.05, 0) is 49.8 Å². The number of benzene rings is 1. The van der Waals surface area contributed by atoms with Gasteiger partial charge in [0.05, 0.1) is 15.8 Å². The number of hydrogen-bond donors (Lipinski definition) is 1. The fraction of sp³-hybridized carbons (Fsp3) is 0.533. The Hall–Kier alpha value is -1.000. The molecule has 1 aromatic heterocycles. The molecule has 1 aliphatic rings. The fourth-order valence-corrected chi connectivity index (χ4v) is 4.08. The highest BCUT2D eigenvalue weighted by molar-refractivity contribution is 7.18. The Morgan fingerprint density at radius 1 is 1.42 bits per heavy atom. The summed E-state index contributed by atoms with van der Waals surface area (Å²) in [6.07, 6.45) is 5.58. The van der Waals surface area contributed by atoms with E-state index in [2.05, 4.69) is 11.9 Å². The second-order valence-electron chi connectivity index (χ2n) is 5.64. The van der Waals surface area contributed by atoms with Crippen LogP contribution in [0.4, 0.5) is 4.39 Å². The maximum atomic E-state index is 13.2. The molecule has 0 spiro atoms. The Labute approximate surface area is 116 Å². The van der Waals surface area contributed by atoms with E-state index >= 15 is 0 Å². The van der Waals surface area contributed by atoms with Crippen LogP contribution in [0.25, 0.3) is 10.2 Å². The molecule has 0 amide bonds. The normalized spacial score (nSPS) is 27.8. The van der Waals surface area contributed by atoms with Crippen LogP contribution in [0.15, 0.2) is 18.2 Å². The van der Waals surface area contributed by atoms with E-state index in [9.17, 15) is 4.39 Å². The third-order valence-electron chi connectivity index (χ3n) is 4.35. The molecule has 1 aliphatic carbocycles. The second-order valence-corrected chi connectivity index (χ2v) is 6.67. The summed E-state index contributed by atoms with van der Waals surface area (Å²) in [6, 6.07) is 4.76. The molecule has 0 bridgehead atoms. The number of fused-ring (bicyclic) bond motifs is 1. The van der Waals surface area contributed by atoms with E-state index in [1.165, 1.54) is 25.3 Å². The van der Waals surface area contributed by atoms with E-state index in [0.29, 0.717) is 0 Å². The predicted octanol–water partition coefficient (Wildman–Crippen LogP) is 4.19. The van der Waals surface area contributed by atoms with Crippen molar-refractivity contribution in [2.75, 3.05) is 0 Å². The Balaban J connectivity index is 1.91. The molecule has 1 saturated carbocycles. The van der Waals surface area contributed by atoms with Crippen LogP contribution in [0, 0.1) is 11.7 Å². The van der Waals surface area contributed by atoms with Gasteiger partial charge in [0.15, 0.2) is 0 Å². The van der Waals surface area contributed by atoms with Gasteiger partial charge >= 0.3 is 0 Å². The molecule has 0 radical (unpaired) electrons. The van der Waals surface area contributed by atoms with Crippen molar-refractivity contribution in [1.82, 2.24) is 4.98 Å². The van der Waals surface area contributed by atoms with Gasteiger partial charge in [-0.2, -0.15) is 0 Å². The summed E-state index contributed by atoms with van der Waals surface area (Å²) in [4.78, 5) is 4.63. The Morgan fingerprint density at radius 3 is 2.84 bits per heavy atom. The zero-order chi connectivity index (χ0) is 13.5. The van der Waals surface area contributed by atoms with Crippen LogP contribution in [-0.2, 0) is 5.54 Å². The van der Waals surface area contributed by atoms with Crippen LogP contribution >= 0.6 is 11.3 Å². The van der Waals surface area contributed by atoms with Gasteiger partial charge < -0.3 is 5.73 Å². The molecule has 0 atom stereocenters. The van der Waals surface area contributed by atoms with Crippen molar-refractivity contribution in [3.05, 3.63) is 29.0 Å². The van der Waals surface area contributed by atoms with Crippen LogP contribution in [0.1, 0.15) is 44.0 Å². The molecule has 0 aliphatic heterocycles. The number of nitrogens with two attached hydrogens (primary N) is 1. The van der Waals surface area contributed by atoms with E-state index in [1.54, 1.807) is 23.5 Å². The number of thiazole rings is 1. The van der Waals surface area contributed by atoms with Gasteiger partial charge in [0, 0.05) is 0 Å². The molecular formula is C15H19FN2S. The molecule has 1 aromatic carbocycles. The maximum Gasteiger partial charge on any atom is 0.124 e. The minimum Gasteiger partial charge on any atom is -0.319 e. The Kier molecular flexibility index (Phi) is 3.31. The van der Waals surface area contributed by atoms with E-state index in [0.717, 1.165) is 34.0 Å². The van der Waals surface area contributed by atoms with Crippen LogP contribution in [0.3, 0.4) is 0 Å². The van der Waals surface area contributed by atoms with Crippen molar-refractivity contribution in [3.8, 4) is 0 Å². The van der Waals surface area contributed by atoms with Gasteiger partial charge in [-0.15, -0.1) is 11.3 Å². The van der Waals surface area contributed by atoms with E-state index < -0.39 is 0 Å². The van der Waals surface area contributed by atoms with Crippen molar-refractivity contribution in [2.45, 2.75) is 44.6 Å². The molecule has 0 saturated heterocycles. The number of aromatic nitrogens is 1. The lowest BCUT2D eigenvalue weighted by Crippen LogP contribution is -2.40. The first-order valence-corrected chi connectivity index (χ1v) is 7.78. The summed E-state index contributed by atoms with van der Waals surface area (Å²) in [6.45, 7) is 2.24. The SMILES string of the molecule is CCC1CCC(N)(c2nc3ccc(F)cc3s2)CC1. The molecule has 2 nitrogen and oxygen atoms in total. The van der Waals surface area contributed by atoms with Crippen molar-refractivity contribution in [3.63, 3.8) is 0 Å². The number of hydrogen-bond acceptors (Lipinski definition) is 3. The molecule has 0 unspecified atom stereocenters. The molecular weight excluding hydrogens is 259 g/mol. The van der Waals surface area contributed by atoms with E-state index in [-0.39, 0.29) is 11.4 Å². The summed E-state index contributed by atoms with van der Waals surface area (Å²) in [5.41, 5.74) is 7.12. The molecule has 102 valence electrons. The quantitative estimate of drug-likeness (QED) is 0.894. The second kappa shape index (κ2) is 4.84. The molecule has 2 aromatic rings. The minimum absolute atomic E-state index is 0.205. The number of nitrogens with zero attached hydrogens (tertiary/aromatic N) is 1. The molecule has 1 heterocycles. The van der Waals surface area contributed by atoms with Crippen molar-refractivity contribution >= 4 is 21.6 Å². The lowest BCUT2D eigenvalue weighted by Gasteiger charge is -2.35. The van der Waals surface area contributed by atoms with E-state index in [1.807, 2.05) is 0 Å². The highest BCUT2D eigenvalue weighted by Gasteiger charge is 2.35. The number of halogens is 1. The molecule has 19 heavy (non-hydrogen) atoms. The van der Waals surface area contributed by atoms with Gasteiger partial charge in [0.25, 0.3) is 0 Å². The van der Waals surface area contributed by atoms with Gasteiger partial charge in [0.1, 0.15) is 10.8 Å². The summed E-state index contributed by atoms with van der Waals surface area (Å²) in [5.74, 6) is 0.604. The van der Waals surface area contributed by atoms with Crippen LogP contribution in [0.5, 0.6) is 0 Å². The van der Waals surface area contributed by atoms with Crippen LogP contribution in [-0.4, -0.2) is 4.98 Å². The molecule has 3 rings (SSSR count). The monoisotopic (exact) mass is 278 g/mol. The van der Waals surface area contributed by atoms with Gasteiger partial charge in [-0.25, -0.2) is 9.37 Å². The average Bonchev–Trinajstić information content (AvgIpc) is 2.83. The predicted molar refractivity (Wildman–Crippen MR) is 77.7 cm³/mol. The fourth-order valence-electron chi connectivity index (χ4n) is 2.93. The summed E-state index contributed by atoms with van der Waals surface area (Å²) in [5, 5.41) is 0.975. The molecule has 2 N–H and O–H groups in total. The van der Waals surface area contributed by atoms with Gasteiger partial charge in [-0.1, -0.05) is 13.3 Å². The molecule has 1 fully saturated rings. The largest absolute Gasteiger partial charge is 0.319 e. The van der Waals surface area contributed by atoms with Crippen LogP contribution < -0.4 is 5.73 Å². The maximum absolute atomic E-state index is 13.2. The average molecular weight is 278 g/mol. The first kappa shape index (κ1) is 13.0. The first-order chi connectivity index (χ1) is 9.10. The minimum atomic E-state index is -0.300. The Morgan fingerprint density at radius 2 is 2.16 bits per heavy atom. The third kappa shape index (κ3) is 2.39. The first-order valence-electron chi connectivity index (χ1n) is 6.96. The lowest BCUT2D eigenvalue weighted by molar-refractivity contribution is 0.231. The Bertz CT molecular complexity index is 585. The summed E-state index contributed by atoms with van der Waals surface area (Å²) >= 11 is 1.55. The van der Waals surface area contributed by atoms with Crippen molar-refractivity contribution < 1.29 is 4.39 Å². The van der Waals surface area contributed by atoms with Gasteiger partial charge in [-0.3, -0.25) is 0 Å². The number of rotatable bonds is 2. The van der Waals surface area contributed by atoms with Crippen LogP contribution in [0.2, 0.25) is 0 Å². The highest BCUT2D eigenvalue weighted by Crippen LogP contribution is 2.41. The standard InChI is InChI=1S/C15H19FN2S/c1-2-10-5-7-15(17,8-6-10)14-18-12-4-3-11(16)9-13(12)19-14/h3-4,9-10H,2,5-8,17H2,1H3. The summed E-state index contributed by atoms with van der Waals surface area (Å²) < 4.78 is 14.1. The smallest absolute Gasteiger partial charge is 0.124 e. The molecule has 4 heteroatoms. The van der Waals surface area contributed by atoms with Gasteiger partial charge in [0.2, 0.25) is 0 Å². The zero-order valence-electron chi connectivity index (χ0n) is 11.2. The lowest BCUT2D eigenvalue weighted by atomic mass is 9.76. The zero-order valence-corrected chi connectivity index (χ0v) is 12.0. The highest BCUT2D eigenvalue weighted by atomic mass is 32.1. The van der Waals surface area contributed by atoms with Crippen molar-refractivity contribution in [2.24, 2.45) is 11.7 Å². The summed E-state index contributed by atoms with van der Waals surface area (Å²) in [7, 11) is 0. The van der Waals surface area contributed by atoms with Crippen molar-refractivity contribution in [1.29, 1.82) is 0 Å². The topological polar surface area (TPSA) is 38.9 Å².